The van der Waals surface area contributed by atoms with Crippen LogP contribution in [-0.2, 0) is 0 Å². The first-order chi connectivity index (χ1) is 8.69. The topological polar surface area (TPSA) is 38.0 Å². The molecule has 1 unspecified atom stereocenters. The van der Waals surface area contributed by atoms with Gasteiger partial charge in [-0.25, -0.2) is 4.39 Å². The summed E-state index contributed by atoms with van der Waals surface area (Å²) in [6, 6.07) is 5.09. The molecule has 0 radical (unpaired) electrons. The van der Waals surface area contributed by atoms with Gasteiger partial charge >= 0.3 is 0 Å². The third-order valence-electron chi connectivity index (χ3n) is 2.95. The largest absolute Gasteiger partial charge is 0.271 e. The number of rotatable bonds is 8. The number of hydrazine groups is 1. The molecule has 18 heavy (non-hydrogen) atoms. The molecule has 0 saturated heterocycles. The van der Waals surface area contributed by atoms with Crippen LogP contribution in [0.25, 0.3) is 0 Å². The van der Waals surface area contributed by atoms with E-state index in [0.29, 0.717) is 4.47 Å². The average molecular weight is 315 g/mol. The van der Waals surface area contributed by atoms with Gasteiger partial charge in [-0.3, -0.25) is 11.3 Å². The number of nitrogens with one attached hydrogen (secondary N) is 1. The van der Waals surface area contributed by atoms with Crippen LogP contribution in [0.2, 0.25) is 0 Å². The van der Waals surface area contributed by atoms with Crippen LogP contribution in [0.1, 0.15) is 43.7 Å². The fourth-order valence-corrected chi connectivity index (χ4v) is 2.29. The van der Waals surface area contributed by atoms with Crippen LogP contribution in [0.4, 0.5) is 4.39 Å². The molecule has 1 aromatic rings. The smallest absolute Gasteiger partial charge is 0.137 e. The van der Waals surface area contributed by atoms with Gasteiger partial charge in [0.05, 0.1) is 4.47 Å². The Morgan fingerprint density at radius 1 is 1.39 bits per heavy atom. The third-order valence-corrected chi connectivity index (χ3v) is 3.56. The molecule has 0 amide bonds. The molecule has 0 spiro atoms. The average Bonchev–Trinajstić information content (AvgIpc) is 2.37. The molecule has 3 N–H and O–H groups in total. The lowest BCUT2D eigenvalue weighted by atomic mass is 10.0. The molecule has 2 nitrogen and oxygen atoms in total. The Morgan fingerprint density at radius 2 is 2.17 bits per heavy atom. The molecule has 1 atom stereocenters. The molecule has 0 saturated carbocycles. The van der Waals surface area contributed by atoms with Gasteiger partial charge in [-0.1, -0.05) is 25.0 Å². The first-order valence-corrected chi connectivity index (χ1v) is 7.00. The van der Waals surface area contributed by atoms with Crippen molar-refractivity contribution in [3.63, 3.8) is 0 Å². The number of allylic oxidation sites excluding steroid dienone is 1. The molecule has 1 rings (SSSR count). The molecule has 1 aromatic carbocycles. The van der Waals surface area contributed by atoms with Gasteiger partial charge in [0.25, 0.3) is 0 Å². The molecular formula is C14H20BrFN2. The fourth-order valence-electron chi connectivity index (χ4n) is 1.89. The lowest BCUT2D eigenvalue weighted by Crippen LogP contribution is -2.28. The quantitative estimate of drug-likeness (QED) is 0.326. The molecule has 0 aliphatic rings. The van der Waals surface area contributed by atoms with Crippen LogP contribution in [-0.4, -0.2) is 0 Å². The van der Waals surface area contributed by atoms with E-state index >= 15 is 0 Å². The highest BCUT2D eigenvalue weighted by Crippen LogP contribution is 2.24. The summed E-state index contributed by atoms with van der Waals surface area (Å²) in [7, 11) is 0. The molecule has 0 bridgehead atoms. The summed E-state index contributed by atoms with van der Waals surface area (Å²) >= 11 is 3.19. The summed E-state index contributed by atoms with van der Waals surface area (Å²) in [5, 5.41) is 0. The molecule has 0 aromatic heterocycles. The minimum atomic E-state index is -0.250. The van der Waals surface area contributed by atoms with Gasteiger partial charge in [-0.2, -0.15) is 0 Å². The highest BCUT2D eigenvalue weighted by Gasteiger charge is 2.11. The molecule has 0 heterocycles. The minimum Gasteiger partial charge on any atom is -0.271 e. The number of hydrogen-bond donors (Lipinski definition) is 2. The van der Waals surface area contributed by atoms with Crippen LogP contribution >= 0.6 is 15.9 Å². The van der Waals surface area contributed by atoms with Crippen LogP contribution < -0.4 is 11.3 Å². The van der Waals surface area contributed by atoms with Crippen LogP contribution in [0.15, 0.2) is 35.3 Å². The molecule has 0 aliphatic heterocycles. The van der Waals surface area contributed by atoms with Crippen molar-refractivity contribution in [1.29, 1.82) is 0 Å². The standard InChI is InChI=1S/C14H20BrFN2/c1-2-3-4-5-6-7-14(18-17)11-8-9-13(16)12(15)10-11/h2,8-10,14,18H,1,3-7,17H2. The highest BCUT2D eigenvalue weighted by atomic mass is 79.9. The first kappa shape index (κ1) is 15.3. The Bertz CT molecular complexity index is 382. The van der Waals surface area contributed by atoms with Crippen molar-refractivity contribution in [1.82, 2.24) is 5.43 Å². The van der Waals surface area contributed by atoms with Crippen LogP contribution in [0.3, 0.4) is 0 Å². The summed E-state index contributed by atoms with van der Waals surface area (Å²) in [5.74, 6) is 5.31. The predicted octanol–water partition coefficient (Wildman–Crippen LogP) is 4.23. The monoisotopic (exact) mass is 314 g/mol. The van der Waals surface area contributed by atoms with Crippen molar-refractivity contribution in [2.75, 3.05) is 0 Å². The third kappa shape index (κ3) is 4.88. The molecule has 4 heteroatoms. The van der Waals surface area contributed by atoms with E-state index in [1.165, 1.54) is 6.07 Å². The zero-order valence-electron chi connectivity index (χ0n) is 10.5. The molecule has 0 fully saturated rings. The van der Waals surface area contributed by atoms with Crippen molar-refractivity contribution in [2.24, 2.45) is 5.84 Å². The van der Waals surface area contributed by atoms with E-state index in [4.69, 9.17) is 5.84 Å². The van der Waals surface area contributed by atoms with Gasteiger partial charge < -0.3 is 0 Å². The lowest BCUT2D eigenvalue weighted by Gasteiger charge is -2.16. The fraction of sp³-hybridized carbons (Fsp3) is 0.429. The van der Waals surface area contributed by atoms with E-state index in [9.17, 15) is 4.39 Å². The maximum atomic E-state index is 13.1. The second-order valence-electron chi connectivity index (χ2n) is 4.32. The Morgan fingerprint density at radius 3 is 2.78 bits per heavy atom. The summed E-state index contributed by atoms with van der Waals surface area (Å²) < 4.78 is 13.6. The van der Waals surface area contributed by atoms with Gasteiger partial charge in [0.1, 0.15) is 5.82 Å². The van der Waals surface area contributed by atoms with Gasteiger partial charge in [-0.05, 0) is 52.9 Å². The second-order valence-corrected chi connectivity index (χ2v) is 5.17. The van der Waals surface area contributed by atoms with E-state index in [0.717, 1.165) is 37.7 Å². The lowest BCUT2D eigenvalue weighted by molar-refractivity contribution is 0.482. The molecular weight excluding hydrogens is 295 g/mol. The van der Waals surface area contributed by atoms with Gasteiger partial charge in [0.15, 0.2) is 0 Å². The summed E-state index contributed by atoms with van der Waals surface area (Å²) in [5.41, 5.74) is 3.80. The van der Waals surface area contributed by atoms with Crippen LogP contribution in [0, 0.1) is 5.82 Å². The Kier molecular flexibility index (Phi) is 7.16. The second kappa shape index (κ2) is 8.40. The number of halogens is 2. The normalized spacial score (nSPS) is 12.4. The zero-order chi connectivity index (χ0) is 13.4. The summed E-state index contributed by atoms with van der Waals surface area (Å²) in [6.07, 6.45) is 7.36. The maximum absolute atomic E-state index is 13.1. The SMILES string of the molecule is C=CCCCCCC(NN)c1ccc(F)c(Br)c1. The minimum absolute atomic E-state index is 0.0747. The number of hydrogen-bond acceptors (Lipinski definition) is 2. The van der Waals surface area contributed by atoms with E-state index in [1.807, 2.05) is 6.08 Å². The van der Waals surface area contributed by atoms with Crippen LogP contribution in [0.5, 0.6) is 0 Å². The Balaban J connectivity index is 2.49. The van der Waals surface area contributed by atoms with Crippen molar-refractivity contribution in [3.8, 4) is 0 Å². The van der Waals surface area contributed by atoms with Crippen molar-refractivity contribution in [2.45, 2.75) is 38.1 Å². The molecule has 0 aliphatic carbocycles. The zero-order valence-corrected chi connectivity index (χ0v) is 12.0. The van der Waals surface area contributed by atoms with Gasteiger partial charge in [0.2, 0.25) is 0 Å². The van der Waals surface area contributed by atoms with E-state index < -0.39 is 0 Å². The number of nitrogens with two attached hydrogens (primary N) is 1. The summed E-state index contributed by atoms with van der Waals surface area (Å²) in [6.45, 7) is 3.70. The van der Waals surface area contributed by atoms with Gasteiger partial charge in [0, 0.05) is 6.04 Å². The number of benzene rings is 1. The molecule has 100 valence electrons. The number of unbranched alkanes of at least 4 members (excludes halogenated alkanes) is 3. The highest BCUT2D eigenvalue weighted by molar-refractivity contribution is 9.10. The summed E-state index contributed by atoms with van der Waals surface area (Å²) in [4.78, 5) is 0. The van der Waals surface area contributed by atoms with Crippen molar-refractivity contribution >= 4 is 15.9 Å². The van der Waals surface area contributed by atoms with Crippen molar-refractivity contribution < 1.29 is 4.39 Å². The maximum Gasteiger partial charge on any atom is 0.137 e. The van der Waals surface area contributed by atoms with Gasteiger partial charge in [-0.15, -0.1) is 6.58 Å². The Hall–Kier alpha value is -0.710. The van der Waals surface area contributed by atoms with E-state index in [1.54, 1.807) is 12.1 Å². The van der Waals surface area contributed by atoms with E-state index in [2.05, 4.69) is 27.9 Å². The van der Waals surface area contributed by atoms with Crippen molar-refractivity contribution in [3.05, 3.63) is 46.7 Å². The Labute approximate surface area is 117 Å². The van der Waals surface area contributed by atoms with E-state index in [-0.39, 0.29) is 11.9 Å². The predicted molar refractivity (Wildman–Crippen MR) is 77.4 cm³/mol. The first-order valence-electron chi connectivity index (χ1n) is 6.21.